The highest BCUT2D eigenvalue weighted by Gasteiger charge is 2.12. The molecule has 0 aliphatic rings. The second kappa shape index (κ2) is 4.07. The molecule has 2 heterocycles. The summed E-state index contributed by atoms with van der Waals surface area (Å²) in [6.07, 6.45) is 1.58. The van der Waals surface area contributed by atoms with Crippen LogP contribution in [-0.4, -0.2) is 9.55 Å². The van der Waals surface area contributed by atoms with Crippen molar-refractivity contribution in [3.05, 3.63) is 51.9 Å². The fraction of sp³-hybridized carbons (Fsp3) is 0.143. The number of benzene rings is 1. The summed E-state index contributed by atoms with van der Waals surface area (Å²) in [5.74, 6) is 0. The Labute approximate surface area is 108 Å². The van der Waals surface area contributed by atoms with Crippen molar-refractivity contribution in [2.75, 3.05) is 0 Å². The van der Waals surface area contributed by atoms with E-state index in [4.69, 9.17) is 0 Å². The molecule has 18 heavy (non-hydrogen) atoms. The number of aryl methyl sites for hydroxylation is 2. The smallest absolute Gasteiger partial charge is 0.271 e. The summed E-state index contributed by atoms with van der Waals surface area (Å²) in [4.78, 5) is 16.4. The molecule has 3 rings (SSSR count). The van der Waals surface area contributed by atoms with Gasteiger partial charge in [0.25, 0.3) is 5.56 Å². The van der Waals surface area contributed by atoms with Crippen molar-refractivity contribution in [1.29, 1.82) is 0 Å². The van der Waals surface area contributed by atoms with Gasteiger partial charge < -0.3 is 4.57 Å². The molecule has 0 radical (unpaired) electrons. The zero-order chi connectivity index (χ0) is 12.7. The molecule has 0 amide bonds. The van der Waals surface area contributed by atoms with Crippen LogP contribution < -0.4 is 5.56 Å². The van der Waals surface area contributed by atoms with Crippen LogP contribution in [0.4, 0.5) is 0 Å². The van der Waals surface area contributed by atoms with Gasteiger partial charge >= 0.3 is 0 Å². The minimum Gasteiger partial charge on any atom is -0.301 e. The van der Waals surface area contributed by atoms with Gasteiger partial charge in [-0.3, -0.25) is 4.79 Å². The van der Waals surface area contributed by atoms with E-state index in [0.717, 1.165) is 21.3 Å². The first-order chi connectivity index (χ1) is 8.68. The molecule has 0 atom stereocenters. The molecule has 0 unspecified atom stereocenters. The van der Waals surface area contributed by atoms with E-state index in [9.17, 15) is 4.79 Å². The van der Waals surface area contributed by atoms with E-state index in [1.54, 1.807) is 13.4 Å². The Bertz CT molecular complexity index is 786. The first kappa shape index (κ1) is 11.2. The lowest BCUT2D eigenvalue weighted by atomic mass is 10.0. The molecule has 1 aromatic carbocycles. The minimum absolute atomic E-state index is 0.0184. The molecule has 0 N–H and O–H groups in total. The quantitative estimate of drug-likeness (QED) is 0.671. The molecule has 0 bridgehead atoms. The average Bonchev–Trinajstić information content (AvgIpc) is 2.79. The summed E-state index contributed by atoms with van der Waals surface area (Å²) in [5, 5.41) is 2.02. The molecule has 0 aliphatic heterocycles. The Morgan fingerprint density at radius 3 is 2.78 bits per heavy atom. The number of hydrogen-bond acceptors (Lipinski definition) is 3. The lowest BCUT2D eigenvalue weighted by Gasteiger charge is -2.03. The molecule has 0 spiro atoms. The largest absolute Gasteiger partial charge is 0.301 e. The number of aromatic nitrogens is 2. The van der Waals surface area contributed by atoms with E-state index in [1.165, 1.54) is 21.5 Å². The maximum Gasteiger partial charge on any atom is 0.271 e. The zero-order valence-corrected chi connectivity index (χ0v) is 11.0. The maximum atomic E-state index is 12.0. The van der Waals surface area contributed by atoms with Gasteiger partial charge in [0.15, 0.2) is 0 Å². The van der Waals surface area contributed by atoms with Crippen LogP contribution in [0.25, 0.3) is 21.3 Å². The predicted octanol–water partition coefficient (Wildman–Crippen LogP) is 2.97. The Morgan fingerprint density at radius 2 is 2.00 bits per heavy atom. The average molecular weight is 256 g/mol. The zero-order valence-electron chi connectivity index (χ0n) is 10.2. The monoisotopic (exact) mass is 256 g/mol. The fourth-order valence-electron chi connectivity index (χ4n) is 2.05. The normalized spacial score (nSPS) is 11.0. The summed E-state index contributed by atoms with van der Waals surface area (Å²) in [7, 11) is 1.72. The Morgan fingerprint density at radius 1 is 1.22 bits per heavy atom. The molecule has 2 aromatic heterocycles. The van der Waals surface area contributed by atoms with Gasteiger partial charge in [-0.15, -0.1) is 11.3 Å². The van der Waals surface area contributed by atoms with Gasteiger partial charge in [0.1, 0.15) is 4.70 Å². The van der Waals surface area contributed by atoms with Gasteiger partial charge in [0, 0.05) is 18.0 Å². The lowest BCUT2D eigenvalue weighted by molar-refractivity contribution is 0.845. The van der Waals surface area contributed by atoms with Crippen LogP contribution in [0.2, 0.25) is 0 Å². The van der Waals surface area contributed by atoms with Crippen LogP contribution in [0, 0.1) is 6.92 Å². The molecule has 3 nitrogen and oxygen atoms in total. The van der Waals surface area contributed by atoms with E-state index in [0.29, 0.717) is 0 Å². The summed E-state index contributed by atoms with van der Waals surface area (Å²) in [6.45, 7) is 2.07. The molecule has 0 saturated carbocycles. The van der Waals surface area contributed by atoms with Crippen LogP contribution in [0.5, 0.6) is 0 Å². The number of thiophene rings is 1. The van der Waals surface area contributed by atoms with Gasteiger partial charge in [0.05, 0.1) is 11.8 Å². The highest BCUT2D eigenvalue weighted by Crippen LogP contribution is 2.32. The van der Waals surface area contributed by atoms with E-state index >= 15 is 0 Å². The number of nitrogens with zero attached hydrogens (tertiary/aromatic N) is 2. The highest BCUT2D eigenvalue weighted by molar-refractivity contribution is 7.17. The molecule has 3 aromatic rings. The number of rotatable bonds is 1. The second-order valence-electron chi connectivity index (χ2n) is 4.30. The van der Waals surface area contributed by atoms with Crippen molar-refractivity contribution >= 4 is 21.6 Å². The molecule has 0 aliphatic carbocycles. The number of fused-ring (bicyclic) bond motifs is 1. The van der Waals surface area contributed by atoms with Crippen molar-refractivity contribution in [2.24, 2.45) is 7.05 Å². The van der Waals surface area contributed by atoms with Gasteiger partial charge in [-0.25, -0.2) is 4.98 Å². The van der Waals surface area contributed by atoms with E-state index in [2.05, 4.69) is 24.0 Å². The summed E-state index contributed by atoms with van der Waals surface area (Å²) < 4.78 is 2.23. The standard InChI is InChI=1S/C14H12N2OS/c1-9-5-3-4-6-10(9)11-7-18-13-12(11)15-8-16(2)14(13)17/h3-8H,1-2H3. The van der Waals surface area contributed by atoms with Crippen molar-refractivity contribution < 1.29 is 0 Å². The van der Waals surface area contributed by atoms with Crippen molar-refractivity contribution in [1.82, 2.24) is 9.55 Å². The molecule has 4 heteroatoms. The summed E-state index contributed by atoms with van der Waals surface area (Å²) in [6, 6.07) is 8.16. The van der Waals surface area contributed by atoms with Gasteiger partial charge in [-0.05, 0) is 18.1 Å². The minimum atomic E-state index is 0.0184. The van der Waals surface area contributed by atoms with Crippen LogP contribution in [0.15, 0.2) is 40.8 Å². The third kappa shape index (κ3) is 1.57. The molecular formula is C14H12N2OS. The molecule has 0 fully saturated rings. The first-order valence-electron chi connectivity index (χ1n) is 5.67. The van der Waals surface area contributed by atoms with E-state index in [1.807, 2.05) is 17.5 Å². The van der Waals surface area contributed by atoms with E-state index < -0.39 is 0 Å². The van der Waals surface area contributed by atoms with Crippen LogP contribution in [0.1, 0.15) is 5.56 Å². The second-order valence-corrected chi connectivity index (χ2v) is 5.18. The fourth-order valence-corrected chi connectivity index (χ4v) is 3.05. The van der Waals surface area contributed by atoms with E-state index in [-0.39, 0.29) is 5.56 Å². The molecule has 90 valence electrons. The summed E-state index contributed by atoms with van der Waals surface area (Å²) in [5.41, 5.74) is 4.21. The van der Waals surface area contributed by atoms with Crippen molar-refractivity contribution in [3.8, 4) is 11.1 Å². The summed E-state index contributed by atoms with van der Waals surface area (Å²) >= 11 is 1.46. The van der Waals surface area contributed by atoms with Crippen molar-refractivity contribution in [3.63, 3.8) is 0 Å². The van der Waals surface area contributed by atoms with Gasteiger partial charge in [0.2, 0.25) is 0 Å². The number of hydrogen-bond donors (Lipinski definition) is 0. The Kier molecular flexibility index (Phi) is 2.52. The predicted molar refractivity (Wildman–Crippen MR) is 75.0 cm³/mol. The first-order valence-corrected chi connectivity index (χ1v) is 6.55. The van der Waals surface area contributed by atoms with Crippen molar-refractivity contribution in [2.45, 2.75) is 6.92 Å². The van der Waals surface area contributed by atoms with Gasteiger partial charge in [-0.2, -0.15) is 0 Å². The third-order valence-corrected chi connectivity index (χ3v) is 4.03. The Hall–Kier alpha value is -1.94. The topological polar surface area (TPSA) is 34.9 Å². The van der Waals surface area contributed by atoms with Gasteiger partial charge in [-0.1, -0.05) is 24.3 Å². The lowest BCUT2D eigenvalue weighted by Crippen LogP contribution is -2.15. The van der Waals surface area contributed by atoms with Crippen LogP contribution >= 0.6 is 11.3 Å². The highest BCUT2D eigenvalue weighted by atomic mass is 32.1. The maximum absolute atomic E-state index is 12.0. The third-order valence-electron chi connectivity index (χ3n) is 3.07. The SMILES string of the molecule is Cc1ccccc1-c1csc2c(=O)n(C)cnc12. The Balaban J connectivity index is 2.36. The van der Waals surface area contributed by atoms with Crippen LogP contribution in [0.3, 0.4) is 0 Å². The molecular weight excluding hydrogens is 244 g/mol. The molecule has 0 saturated heterocycles. The van der Waals surface area contributed by atoms with Crippen LogP contribution in [-0.2, 0) is 7.05 Å².